The molecule has 2 bridgehead atoms. The van der Waals surface area contributed by atoms with E-state index < -0.39 is 29.2 Å². The van der Waals surface area contributed by atoms with Crippen molar-refractivity contribution in [1.82, 2.24) is 4.98 Å². The van der Waals surface area contributed by atoms with Crippen molar-refractivity contribution >= 4 is 5.82 Å². The molecule has 0 spiro atoms. The van der Waals surface area contributed by atoms with E-state index >= 15 is 0 Å². The molecule has 1 saturated heterocycles. The van der Waals surface area contributed by atoms with Crippen LogP contribution in [0.5, 0.6) is 11.5 Å². The lowest BCUT2D eigenvalue weighted by molar-refractivity contribution is -0.138. The normalized spacial score (nSPS) is 24.2. The molecule has 2 aliphatic rings. The molecule has 1 unspecified atom stereocenters. The molecular formula is C21H20F6N2O2. The van der Waals surface area contributed by atoms with Crippen LogP contribution in [0.4, 0.5) is 32.2 Å². The Balaban J connectivity index is 1.49. The van der Waals surface area contributed by atoms with Crippen LogP contribution in [0.1, 0.15) is 30.4 Å². The molecule has 31 heavy (non-hydrogen) atoms. The SMILES string of the molecule is Oc1cc(C(F)(F)F)ccc1OC1[C@@H]2CCC[C@H]1CN(c1ccc(C(F)(F)F)cn1)C2. The maximum Gasteiger partial charge on any atom is 0.417 e. The van der Waals surface area contributed by atoms with E-state index in [2.05, 4.69) is 4.98 Å². The highest BCUT2D eigenvalue weighted by atomic mass is 19.4. The Morgan fingerprint density at radius 2 is 1.52 bits per heavy atom. The second-order valence-electron chi connectivity index (χ2n) is 8.02. The monoisotopic (exact) mass is 446 g/mol. The number of halogens is 6. The number of fused-ring (bicyclic) bond motifs is 2. The first-order chi connectivity index (χ1) is 14.5. The third kappa shape index (κ3) is 4.52. The second-order valence-corrected chi connectivity index (χ2v) is 8.02. The predicted octanol–water partition coefficient (Wildman–Crippen LogP) is 5.51. The van der Waals surface area contributed by atoms with Crippen molar-refractivity contribution in [2.24, 2.45) is 11.8 Å². The van der Waals surface area contributed by atoms with Gasteiger partial charge in [-0.3, -0.25) is 0 Å². The highest BCUT2D eigenvalue weighted by Crippen LogP contribution is 2.42. The van der Waals surface area contributed by atoms with Crippen molar-refractivity contribution in [2.45, 2.75) is 37.7 Å². The maximum atomic E-state index is 12.8. The van der Waals surface area contributed by atoms with Crippen molar-refractivity contribution in [3.05, 3.63) is 47.7 Å². The van der Waals surface area contributed by atoms with Gasteiger partial charge < -0.3 is 14.7 Å². The summed E-state index contributed by atoms with van der Waals surface area (Å²) in [5, 5.41) is 10.0. The molecule has 1 N–H and O–H groups in total. The molecule has 1 aromatic heterocycles. The summed E-state index contributed by atoms with van der Waals surface area (Å²) in [5.41, 5.74) is -1.77. The minimum absolute atomic E-state index is 0.00370. The van der Waals surface area contributed by atoms with Gasteiger partial charge in [0.05, 0.1) is 11.1 Å². The Morgan fingerprint density at radius 1 is 0.903 bits per heavy atom. The van der Waals surface area contributed by atoms with Crippen molar-refractivity contribution in [2.75, 3.05) is 18.0 Å². The molecule has 3 atom stereocenters. The molecular weight excluding hydrogens is 426 g/mol. The number of alkyl halides is 6. The van der Waals surface area contributed by atoms with E-state index in [1.165, 1.54) is 6.07 Å². The zero-order chi connectivity index (χ0) is 22.4. The van der Waals surface area contributed by atoms with Gasteiger partial charge in [0, 0.05) is 31.1 Å². The Labute approximate surface area is 174 Å². The first-order valence-electron chi connectivity index (χ1n) is 9.87. The number of phenolic OH excluding ortho intramolecular Hbond substituents is 1. The fraction of sp³-hybridized carbons (Fsp3) is 0.476. The van der Waals surface area contributed by atoms with Crippen LogP contribution in [-0.2, 0) is 12.4 Å². The quantitative estimate of drug-likeness (QED) is 0.632. The van der Waals surface area contributed by atoms with Crippen LogP contribution in [0, 0.1) is 11.8 Å². The highest BCUT2D eigenvalue weighted by molar-refractivity contribution is 5.44. The van der Waals surface area contributed by atoms with Gasteiger partial charge in [0.1, 0.15) is 11.9 Å². The van der Waals surface area contributed by atoms with Crippen LogP contribution in [0.3, 0.4) is 0 Å². The number of hydrogen-bond donors (Lipinski definition) is 1. The second kappa shape index (κ2) is 7.80. The van der Waals surface area contributed by atoms with E-state index in [1.807, 2.05) is 4.90 Å². The van der Waals surface area contributed by atoms with Gasteiger partial charge in [-0.05, 0) is 43.2 Å². The lowest BCUT2D eigenvalue weighted by Crippen LogP contribution is -2.54. The highest BCUT2D eigenvalue weighted by Gasteiger charge is 2.42. The Bertz CT molecular complexity index is 915. The largest absolute Gasteiger partial charge is 0.504 e. The molecule has 168 valence electrons. The van der Waals surface area contributed by atoms with Crippen LogP contribution < -0.4 is 9.64 Å². The molecule has 4 nitrogen and oxygen atoms in total. The summed E-state index contributed by atoms with van der Waals surface area (Å²) in [6, 6.07) is 4.98. The Kier molecular flexibility index (Phi) is 5.43. The Morgan fingerprint density at radius 3 is 2.03 bits per heavy atom. The fourth-order valence-electron chi connectivity index (χ4n) is 4.45. The summed E-state index contributed by atoms with van der Waals surface area (Å²) in [6.45, 7) is 1.00. The van der Waals surface area contributed by atoms with Crippen LogP contribution in [0.25, 0.3) is 0 Å². The molecule has 10 heteroatoms. The summed E-state index contributed by atoms with van der Waals surface area (Å²) in [5.74, 6) is -0.104. The van der Waals surface area contributed by atoms with Crippen LogP contribution in [0.2, 0.25) is 0 Å². The summed E-state index contributed by atoms with van der Waals surface area (Å²) in [7, 11) is 0. The number of aromatic nitrogens is 1. The number of piperidine rings is 1. The van der Waals surface area contributed by atoms with E-state index in [4.69, 9.17) is 4.74 Å². The number of phenols is 1. The average molecular weight is 446 g/mol. The van der Waals surface area contributed by atoms with E-state index in [0.717, 1.165) is 43.7 Å². The lowest BCUT2D eigenvalue weighted by Gasteiger charge is -2.47. The summed E-state index contributed by atoms with van der Waals surface area (Å²) in [4.78, 5) is 5.89. The van der Waals surface area contributed by atoms with Crippen molar-refractivity contribution in [1.29, 1.82) is 0 Å². The van der Waals surface area contributed by atoms with E-state index in [1.54, 1.807) is 0 Å². The number of ether oxygens (including phenoxy) is 1. The third-order valence-corrected chi connectivity index (χ3v) is 5.94. The summed E-state index contributed by atoms with van der Waals surface area (Å²) < 4.78 is 82.7. The zero-order valence-electron chi connectivity index (χ0n) is 16.2. The van der Waals surface area contributed by atoms with Crippen molar-refractivity contribution in [3.8, 4) is 11.5 Å². The van der Waals surface area contributed by atoms with Crippen molar-refractivity contribution in [3.63, 3.8) is 0 Å². The van der Waals surface area contributed by atoms with Crippen molar-refractivity contribution < 1.29 is 36.2 Å². The number of pyridine rings is 1. The molecule has 2 heterocycles. The topological polar surface area (TPSA) is 45.6 Å². The van der Waals surface area contributed by atoms with Gasteiger partial charge in [-0.2, -0.15) is 26.3 Å². The van der Waals surface area contributed by atoms with Gasteiger partial charge in [-0.1, -0.05) is 6.42 Å². The molecule has 1 aromatic carbocycles. The number of anilines is 1. The molecule has 1 saturated carbocycles. The minimum atomic E-state index is -4.56. The summed E-state index contributed by atoms with van der Waals surface area (Å²) >= 11 is 0. The number of nitrogens with zero attached hydrogens (tertiary/aromatic N) is 2. The van der Waals surface area contributed by atoms with E-state index in [-0.39, 0.29) is 23.7 Å². The van der Waals surface area contributed by atoms with E-state index in [0.29, 0.717) is 25.0 Å². The van der Waals surface area contributed by atoms with Gasteiger partial charge in [-0.25, -0.2) is 4.98 Å². The Hall–Kier alpha value is -2.65. The smallest absolute Gasteiger partial charge is 0.417 e. The number of hydrogen-bond acceptors (Lipinski definition) is 4. The van der Waals surface area contributed by atoms with Crippen LogP contribution in [-0.4, -0.2) is 29.3 Å². The van der Waals surface area contributed by atoms with E-state index in [9.17, 15) is 31.4 Å². The van der Waals surface area contributed by atoms with Gasteiger partial charge in [0.15, 0.2) is 11.5 Å². The molecule has 0 radical (unpaired) electrons. The number of aromatic hydroxyl groups is 1. The molecule has 1 aliphatic heterocycles. The first kappa shape index (κ1) is 21.6. The third-order valence-electron chi connectivity index (χ3n) is 5.94. The molecule has 2 fully saturated rings. The fourth-order valence-corrected chi connectivity index (χ4v) is 4.45. The van der Waals surface area contributed by atoms with Gasteiger partial charge >= 0.3 is 12.4 Å². The molecule has 4 rings (SSSR count). The summed E-state index contributed by atoms with van der Waals surface area (Å²) in [6.07, 6.45) is -5.93. The molecule has 1 aliphatic carbocycles. The number of benzene rings is 1. The van der Waals surface area contributed by atoms with Gasteiger partial charge in [-0.15, -0.1) is 0 Å². The van der Waals surface area contributed by atoms with Crippen LogP contribution >= 0.6 is 0 Å². The van der Waals surface area contributed by atoms with Crippen LogP contribution in [0.15, 0.2) is 36.5 Å². The standard InChI is InChI=1S/C21H20F6N2O2/c22-20(23,24)14-4-6-17(16(30)8-14)31-19-12-2-1-3-13(19)11-29(10-12)18-7-5-15(9-28-18)21(25,26)27/h4-9,12-13,19,30H,1-3,10-11H2/t12-,13+,19?. The lowest BCUT2D eigenvalue weighted by atomic mass is 9.75. The maximum absolute atomic E-state index is 12.8. The number of rotatable bonds is 3. The average Bonchev–Trinajstić information content (AvgIpc) is 2.68. The molecule has 0 amide bonds. The minimum Gasteiger partial charge on any atom is -0.504 e. The first-order valence-corrected chi connectivity index (χ1v) is 9.87. The zero-order valence-corrected chi connectivity index (χ0v) is 16.2. The van der Waals surface area contributed by atoms with Gasteiger partial charge in [0.25, 0.3) is 0 Å². The predicted molar refractivity (Wildman–Crippen MR) is 99.8 cm³/mol. The van der Waals surface area contributed by atoms with Gasteiger partial charge in [0.2, 0.25) is 0 Å². The molecule has 2 aromatic rings.